The molecule has 0 saturated carbocycles. The highest BCUT2D eigenvalue weighted by molar-refractivity contribution is 7.09. The zero-order chi connectivity index (χ0) is 15.7. The van der Waals surface area contributed by atoms with Crippen LogP contribution in [0.4, 0.5) is 0 Å². The van der Waals surface area contributed by atoms with E-state index >= 15 is 0 Å². The fourth-order valence-electron chi connectivity index (χ4n) is 3.01. The normalized spacial score (nSPS) is 22.0. The van der Waals surface area contributed by atoms with E-state index in [-0.39, 0.29) is 12.1 Å². The topological polar surface area (TPSA) is 45.6 Å². The number of aliphatic hydroxyl groups is 1. The van der Waals surface area contributed by atoms with Crippen LogP contribution in [0.5, 0.6) is 0 Å². The zero-order valence-corrected chi connectivity index (χ0v) is 14.0. The standard InChI is InChI=1S/C17H22N2O2S/c1-11(21-3)17-18-13(10-22-17)9-19(2)15-8-12-6-4-5-7-14(12)16(15)20/h4-7,10-11,15-16,20H,8-9H2,1-3H3/t11-,15+,16+/m1/s1. The molecule has 0 bridgehead atoms. The monoisotopic (exact) mass is 318 g/mol. The molecule has 0 fully saturated rings. The average molecular weight is 318 g/mol. The lowest BCUT2D eigenvalue weighted by atomic mass is 10.1. The molecule has 1 N–H and O–H groups in total. The summed E-state index contributed by atoms with van der Waals surface area (Å²) in [5.41, 5.74) is 3.35. The third-order valence-corrected chi connectivity index (χ3v) is 5.47. The van der Waals surface area contributed by atoms with Crippen LogP contribution in [0.1, 0.15) is 41.0 Å². The Balaban J connectivity index is 1.68. The van der Waals surface area contributed by atoms with E-state index in [9.17, 15) is 5.11 Å². The molecule has 3 rings (SSSR count). The summed E-state index contributed by atoms with van der Waals surface area (Å²) in [6, 6.07) is 8.26. The van der Waals surface area contributed by atoms with Crippen molar-refractivity contribution in [1.29, 1.82) is 0 Å². The number of aliphatic hydroxyl groups excluding tert-OH is 1. The number of rotatable bonds is 5. The second-order valence-corrected chi connectivity index (χ2v) is 6.77. The minimum atomic E-state index is -0.419. The van der Waals surface area contributed by atoms with Gasteiger partial charge in [0.15, 0.2) is 0 Å². The van der Waals surface area contributed by atoms with Gasteiger partial charge in [0.1, 0.15) is 11.1 Å². The van der Waals surface area contributed by atoms with Gasteiger partial charge in [-0.05, 0) is 31.5 Å². The molecule has 1 aromatic carbocycles. The van der Waals surface area contributed by atoms with E-state index < -0.39 is 6.10 Å². The first kappa shape index (κ1) is 15.6. The summed E-state index contributed by atoms with van der Waals surface area (Å²) in [4.78, 5) is 6.83. The molecule has 0 amide bonds. The van der Waals surface area contributed by atoms with E-state index in [0.29, 0.717) is 0 Å². The predicted molar refractivity (Wildman–Crippen MR) is 87.9 cm³/mol. The number of hydrogen-bond acceptors (Lipinski definition) is 5. The zero-order valence-electron chi connectivity index (χ0n) is 13.2. The molecule has 0 radical (unpaired) electrons. The molecule has 4 nitrogen and oxygen atoms in total. The molecule has 3 atom stereocenters. The first-order chi connectivity index (χ1) is 10.6. The maximum atomic E-state index is 10.5. The van der Waals surface area contributed by atoms with Gasteiger partial charge in [-0.25, -0.2) is 4.98 Å². The fraction of sp³-hybridized carbons (Fsp3) is 0.471. The second kappa shape index (κ2) is 6.46. The maximum absolute atomic E-state index is 10.5. The van der Waals surface area contributed by atoms with E-state index in [0.717, 1.165) is 29.2 Å². The Kier molecular flexibility index (Phi) is 4.59. The molecule has 0 unspecified atom stereocenters. The van der Waals surface area contributed by atoms with Gasteiger partial charge >= 0.3 is 0 Å². The van der Waals surface area contributed by atoms with Crippen molar-refractivity contribution in [3.05, 3.63) is 51.5 Å². The summed E-state index contributed by atoms with van der Waals surface area (Å²) >= 11 is 1.63. The van der Waals surface area contributed by atoms with E-state index in [1.165, 1.54) is 5.56 Å². The lowest BCUT2D eigenvalue weighted by Gasteiger charge is -2.26. The van der Waals surface area contributed by atoms with Crippen LogP contribution in [0.15, 0.2) is 29.6 Å². The van der Waals surface area contributed by atoms with Crippen LogP contribution >= 0.6 is 11.3 Å². The molecule has 1 aliphatic rings. The molecule has 1 aromatic heterocycles. The molecule has 5 heteroatoms. The highest BCUT2D eigenvalue weighted by Gasteiger charge is 2.33. The van der Waals surface area contributed by atoms with Gasteiger partial charge in [-0.15, -0.1) is 11.3 Å². The van der Waals surface area contributed by atoms with Crippen LogP contribution in [-0.4, -0.2) is 35.2 Å². The number of methoxy groups -OCH3 is 1. The molecular weight excluding hydrogens is 296 g/mol. The Morgan fingerprint density at radius 1 is 1.45 bits per heavy atom. The van der Waals surface area contributed by atoms with Crippen LogP contribution in [0.2, 0.25) is 0 Å². The Morgan fingerprint density at radius 3 is 2.95 bits per heavy atom. The molecule has 0 spiro atoms. The number of nitrogens with zero attached hydrogens (tertiary/aromatic N) is 2. The maximum Gasteiger partial charge on any atom is 0.122 e. The fourth-order valence-corrected chi connectivity index (χ4v) is 3.85. The summed E-state index contributed by atoms with van der Waals surface area (Å²) in [6.45, 7) is 2.74. The quantitative estimate of drug-likeness (QED) is 0.921. The van der Waals surface area contributed by atoms with Gasteiger partial charge in [0, 0.05) is 25.1 Å². The summed E-state index contributed by atoms with van der Waals surface area (Å²) in [5, 5.41) is 13.6. The van der Waals surface area contributed by atoms with Gasteiger partial charge in [-0.2, -0.15) is 0 Å². The number of likely N-dealkylation sites (N-methyl/N-ethyl adjacent to an activating group) is 1. The Hall–Kier alpha value is -1.27. The minimum absolute atomic E-state index is 0.0328. The Bertz CT molecular complexity index is 643. The van der Waals surface area contributed by atoms with E-state index in [2.05, 4.69) is 28.4 Å². The first-order valence-corrected chi connectivity index (χ1v) is 8.41. The van der Waals surface area contributed by atoms with Crippen molar-refractivity contribution in [1.82, 2.24) is 9.88 Å². The van der Waals surface area contributed by atoms with Crippen LogP contribution < -0.4 is 0 Å². The smallest absolute Gasteiger partial charge is 0.122 e. The first-order valence-electron chi connectivity index (χ1n) is 7.53. The number of thiazole rings is 1. The van der Waals surface area contributed by atoms with Crippen LogP contribution in [-0.2, 0) is 17.7 Å². The molecule has 0 saturated heterocycles. The van der Waals surface area contributed by atoms with Crippen molar-refractivity contribution in [3.63, 3.8) is 0 Å². The van der Waals surface area contributed by atoms with Gasteiger partial charge in [-0.1, -0.05) is 24.3 Å². The molecule has 22 heavy (non-hydrogen) atoms. The highest BCUT2D eigenvalue weighted by Crippen LogP contribution is 2.34. The minimum Gasteiger partial charge on any atom is -0.387 e. The molecule has 118 valence electrons. The number of fused-ring (bicyclic) bond motifs is 1. The van der Waals surface area contributed by atoms with Crippen molar-refractivity contribution < 1.29 is 9.84 Å². The number of hydrogen-bond donors (Lipinski definition) is 1. The van der Waals surface area contributed by atoms with Crippen LogP contribution in [0.3, 0.4) is 0 Å². The highest BCUT2D eigenvalue weighted by atomic mass is 32.1. The van der Waals surface area contributed by atoms with Crippen molar-refractivity contribution in [2.45, 2.75) is 38.1 Å². The lowest BCUT2D eigenvalue weighted by molar-refractivity contribution is 0.0713. The van der Waals surface area contributed by atoms with Gasteiger partial charge in [0.25, 0.3) is 0 Å². The third kappa shape index (κ3) is 2.94. The lowest BCUT2D eigenvalue weighted by Crippen LogP contribution is -2.34. The predicted octanol–water partition coefficient (Wildman–Crippen LogP) is 2.94. The third-order valence-electron chi connectivity index (χ3n) is 4.42. The molecule has 0 aliphatic heterocycles. The number of ether oxygens (including phenoxy) is 1. The van der Waals surface area contributed by atoms with Gasteiger partial charge in [-0.3, -0.25) is 4.90 Å². The summed E-state index contributed by atoms with van der Waals surface area (Å²) < 4.78 is 5.31. The van der Waals surface area contributed by atoms with Crippen molar-refractivity contribution in [3.8, 4) is 0 Å². The van der Waals surface area contributed by atoms with Crippen molar-refractivity contribution >= 4 is 11.3 Å². The van der Waals surface area contributed by atoms with E-state index in [4.69, 9.17) is 4.74 Å². The molecule has 1 heterocycles. The second-order valence-electron chi connectivity index (χ2n) is 5.89. The summed E-state index contributed by atoms with van der Waals surface area (Å²) in [7, 11) is 3.75. The summed E-state index contributed by atoms with van der Waals surface area (Å²) in [5.74, 6) is 0. The number of benzene rings is 1. The largest absolute Gasteiger partial charge is 0.387 e. The van der Waals surface area contributed by atoms with Gasteiger partial charge in [0.2, 0.25) is 0 Å². The average Bonchev–Trinajstić information content (AvgIpc) is 3.12. The van der Waals surface area contributed by atoms with Gasteiger partial charge in [0.05, 0.1) is 11.8 Å². The van der Waals surface area contributed by atoms with Crippen molar-refractivity contribution in [2.24, 2.45) is 0 Å². The van der Waals surface area contributed by atoms with Crippen LogP contribution in [0.25, 0.3) is 0 Å². The van der Waals surface area contributed by atoms with E-state index in [1.54, 1.807) is 18.4 Å². The SMILES string of the molecule is CO[C@H](C)c1nc(CN(C)[C@H]2Cc3ccccc3[C@@H]2O)cs1. The van der Waals surface area contributed by atoms with Gasteiger partial charge < -0.3 is 9.84 Å². The van der Waals surface area contributed by atoms with E-state index in [1.807, 2.05) is 25.1 Å². The van der Waals surface area contributed by atoms with Crippen molar-refractivity contribution in [2.75, 3.05) is 14.2 Å². The molecule has 2 aromatic rings. The molecule has 1 aliphatic carbocycles. The summed E-state index contributed by atoms with van der Waals surface area (Å²) in [6.07, 6.45) is 0.502. The molecular formula is C17H22N2O2S. The number of aromatic nitrogens is 1. The van der Waals surface area contributed by atoms with Crippen LogP contribution in [0, 0.1) is 0 Å². The Morgan fingerprint density at radius 2 is 2.23 bits per heavy atom. The Labute approximate surface area is 135 Å².